The molecule has 1 aromatic heterocycles. The predicted molar refractivity (Wildman–Crippen MR) is 203 cm³/mol. The number of hydrogen-bond donors (Lipinski definition) is 1. The van der Waals surface area contributed by atoms with Gasteiger partial charge in [-0.25, -0.2) is 4.98 Å². The van der Waals surface area contributed by atoms with Crippen LogP contribution in [0.25, 0.3) is 11.4 Å². The lowest BCUT2D eigenvalue weighted by atomic mass is 9.48. The summed E-state index contributed by atoms with van der Waals surface area (Å²) in [7, 11) is 0. The van der Waals surface area contributed by atoms with Crippen LogP contribution in [0.15, 0.2) is 24.3 Å². The van der Waals surface area contributed by atoms with Gasteiger partial charge >= 0.3 is 5.97 Å². The van der Waals surface area contributed by atoms with E-state index in [1.165, 1.54) is 108 Å². The van der Waals surface area contributed by atoms with Crippen LogP contribution in [0.4, 0.5) is 5.69 Å². The maximum absolute atomic E-state index is 14.2. The molecule has 0 radical (unpaired) electrons. The summed E-state index contributed by atoms with van der Waals surface area (Å²) >= 11 is 0. The molecular formula is C43H66N4O4. The van der Waals surface area contributed by atoms with Gasteiger partial charge in [0.1, 0.15) is 18.3 Å². The van der Waals surface area contributed by atoms with Gasteiger partial charge in [0.05, 0.1) is 4.92 Å². The van der Waals surface area contributed by atoms with Crippen LogP contribution >= 0.6 is 0 Å². The molecule has 4 fully saturated rings. The molecule has 2 unspecified atom stereocenters. The number of benzene rings is 1. The number of esters is 1. The van der Waals surface area contributed by atoms with E-state index in [-0.39, 0.29) is 40.4 Å². The Hall–Kier alpha value is -2.77. The van der Waals surface area contributed by atoms with Crippen molar-refractivity contribution in [1.82, 2.24) is 15.2 Å². The monoisotopic (exact) mass is 703 g/mol. The third-order valence-corrected chi connectivity index (χ3v) is 15.3. The van der Waals surface area contributed by atoms with Crippen LogP contribution in [0, 0.1) is 61.9 Å². The molecule has 0 bridgehead atoms. The number of ether oxygens (including phenoxy) is 1. The van der Waals surface area contributed by atoms with Crippen molar-refractivity contribution in [3.8, 4) is 11.4 Å². The number of aromatic nitrogens is 3. The third kappa shape index (κ3) is 8.25. The Morgan fingerprint density at radius 2 is 1.18 bits per heavy atom. The van der Waals surface area contributed by atoms with Gasteiger partial charge in [-0.1, -0.05) is 99.3 Å². The molecule has 8 heteroatoms. The van der Waals surface area contributed by atoms with Gasteiger partial charge in [0.25, 0.3) is 5.69 Å². The highest BCUT2D eigenvalue weighted by atomic mass is 16.6. The van der Waals surface area contributed by atoms with E-state index >= 15 is 0 Å². The van der Waals surface area contributed by atoms with Gasteiger partial charge in [0, 0.05) is 29.5 Å². The number of H-pyrrole nitrogens is 1. The first-order valence-electron chi connectivity index (χ1n) is 20.6. The Morgan fingerprint density at radius 3 is 1.63 bits per heavy atom. The summed E-state index contributed by atoms with van der Waals surface area (Å²) in [6.45, 7) is 15.3. The highest BCUT2D eigenvalue weighted by Crippen LogP contribution is 2.61. The van der Waals surface area contributed by atoms with E-state index in [2.05, 4.69) is 56.7 Å². The topological polar surface area (TPSA) is 111 Å². The highest BCUT2D eigenvalue weighted by molar-refractivity contribution is 5.72. The normalized spacial score (nSPS) is 26.5. The van der Waals surface area contributed by atoms with Crippen LogP contribution in [0.3, 0.4) is 0 Å². The molecule has 1 heterocycles. The van der Waals surface area contributed by atoms with Crippen molar-refractivity contribution in [3.05, 3.63) is 40.2 Å². The number of hydrogen-bond acceptors (Lipinski definition) is 6. The van der Waals surface area contributed by atoms with E-state index < -0.39 is 4.92 Å². The number of aromatic amines is 1. The number of non-ortho nitro benzene ring substituents is 1. The fourth-order valence-electron chi connectivity index (χ4n) is 11.5. The van der Waals surface area contributed by atoms with Crippen LogP contribution in [-0.4, -0.2) is 32.2 Å². The molecule has 6 rings (SSSR count). The molecule has 2 aromatic rings. The summed E-state index contributed by atoms with van der Waals surface area (Å²) < 4.78 is 6.94. The molecule has 51 heavy (non-hydrogen) atoms. The minimum atomic E-state index is -0.417. The lowest BCUT2D eigenvalue weighted by molar-refractivity contribution is -0.384. The zero-order valence-corrected chi connectivity index (χ0v) is 32.6. The van der Waals surface area contributed by atoms with Crippen molar-refractivity contribution >= 4 is 11.7 Å². The SMILES string of the molecule is CC(C)(C1CCCCC1)C1CC(C(C)(C)C2CCCCC2)C(OC(=O)Cc2nc(-c3ccc([N+](=O)[O-])cc3)n[nH]2)C(C(C)(C)C2CCCCC2)C1. The van der Waals surface area contributed by atoms with Crippen LogP contribution in [0.1, 0.15) is 157 Å². The number of nitro benzene ring substituents is 1. The zero-order valence-electron chi connectivity index (χ0n) is 32.6. The summed E-state index contributed by atoms with van der Waals surface area (Å²) in [6, 6.07) is 6.20. The molecule has 0 spiro atoms. The quantitative estimate of drug-likeness (QED) is 0.142. The lowest BCUT2D eigenvalue weighted by Crippen LogP contribution is -2.56. The van der Waals surface area contributed by atoms with Crippen molar-refractivity contribution in [2.24, 2.45) is 51.8 Å². The number of nitrogens with zero attached hydrogens (tertiary/aromatic N) is 3. The van der Waals surface area contributed by atoms with E-state index in [1.807, 2.05) is 0 Å². The molecule has 4 aliphatic carbocycles. The van der Waals surface area contributed by atoms with Gasteiger partial charge < -0.3 is 4.74 Å². The Bertz CT molecular complexity index is 1420. The molecular weight excluding hydrogens is 636 g/mol. The van der Waals surface area contributed by atoms with Gasteiger partial charge in [-0.2, -0.15) is 5.10 Å². The van der Waals surface area contributed by atoms with E-state index in [9.17, 15) is 14.9 Å². The van der Waals surface area contributed by atoms with Gasteiger partial charge in [0.15, 0.2) is 5.82 Å². The lowest BCUT2D eigenvalue weighted by Gasteiger charge is -2.59. The number of carbonyl (C=O) groups is 1. The fourth-order valence-corrected chi connectivity index (χ4v) is 11.5. The van der Waals surface area contributed by atoms with Crippen LogP contribution in [0.5, 0.6) is 0 Å². The molecule has 8 nitrogen and oxygen atoms in total. The van der Waals surface area contributed by atoms with Gasteiger partial charge in [-0.15, -0.1) is 0 Å². The molecule has 4 saturated carbocycles. The number of carbonyl (C=O) groups excluding carboxylic acids is 1. The molecule has 0 amide bonds. The van der Waals surface area contributed by atoms with Crippen LogP contribution in [-0.2, 0) is 16.0 Å². The highest BCUT2D eigenvalue weighted by Gasteiger charge is 2.57. The van der Waals surface area contributed by atoms with E-state index in [4.69, 9.17) is 4.74 Å². The molecule has 1 aromatic carbocycles. The minimum absolute atomic E-state index is 0.0198. The van der Waals surface area contributed by atoms with Crippen molar-refractivity contribution in [2.45, 2.75) is 163 Å². The Morgan fingerprint density at radius 1 is 0.725 bits per heavy atom. The first kappa shape index (κ1) is 38.0. The standard InChI is InChI=1S/C43H66N4O4/c1-41(2,30-16-10-7-11-17-30)33-26-35(42(3,4)31-18-12-8-13-19-31)39(36(27-33)43(5,6)32-20-14-9-15-21-32)51-38(48)28-37-44-40(46-45-37)29-22-24-34(25-23-29)47(49)50/h22-25,30-33,35-36,39H,7-21,26-28H2,1-6H3,(H,44,45,46). The van der Waals surface area contributed by atoms with E-state index in [0.717, 1.165) is 18.8 Å². The summed E-state index contributed by atoms with van der Waals surface area (Å²) in [5.41, 5.74) is 1.06. The molecule has 282 valence electrons. The summed E-state index contributed by atoms with van der Waals surface area (Å²) in [5.74, 6) is 3.91. The Balaban J connectivity index is 1.32. The summed E-state index contributed by atoms with van der Waals surface area (Å²) in [6.07, 6.45) is 22.0. The van der Waals surface area contributed by atoms with Crippen molar-refractivity contribution < 1.29 is 14.5 Å². The third-order valence-electron chi connectivity index (χ3n) is 15.3. The second-order valence-corrected chi connectivity index (χ2v) is 18.9. The first-order chi connectivity index (χ1) is 24.3. The Labute approximate surface area is 307 Å². The average molecular weight is 703 g/mol. The largest absolute Gasteiger partial charge is 0.461 e. The minimum Gasteiger partial charge on any atom is -0.461 e. The smallest absolute Gasteiger partial charge is 0.313 e. The van der Waals surface area contributed by atoms with Crippen molar-refractivity contribution in [1.29, 1.82) is 0 Å². The van der Waals surface area contributed by atoms with Crippen LogP contribution < -0.4 is 0 Å². The number of nitro groups is 1. The molecule has 0 aliphatic heterocycles. The summed E-state index contributed by atoms with van der Waals surface area (Å²) in [5, 5.41) is 18.5. The maximum atomic E-state index is 14.2. The molecule has 0 saturated heterocycles. The van der Waals surface area contributed by atoms with Gasteiger partial charge in [-0.05, 0) is 103 Å². The van der Waals surface area contributed by atoms with Crippen molar-refractivity contribution in [3.63, 3.8) is 0 Å². The molecule has 4 aliphatic rings. The van der Waals surface area contributed by atoms with Gasteiger partial charge in [0.2, 0.25) is 0 Å². The number of nitrogens with one attached hydrogen (secondary N) is 1. The maximum Gasteiger partial charge on any atom is 0.313 e. The second-order valence-electron chi connectivity index (χ2n) is 18.9. The van der Waals surface area contributed by atoms with E-state index in [1.54, 1.807) is 12.1 Å². The number of rotatable bonds is 11. The first-order valence-corrected chi connectivity index (χ1v) is 20.6. The van der Waals surface area contributed by atoms with Crippen LogP contribution in [0.2, 0.25) is 0 Å². The average Bonchev–Trinajstić information content (AvgIpc) is 3.60. The van der Waals surface area contributed by atoms with Crippen molar-refractivity contribution in [2.75, 3.05) is 0 Å². The molecule has 2 atom stereocenters. The predicted octanol–water partition coefficient (Wildman–Crippen LogP) is 11.3. The van der Waals surface area contributed by atoms with Gasteiger partial charge in [-0.3, -0.25) is 20.0 Å². The fraction of sp³-hybridized carbons (Fsp3) is 0.791. The van der Waals surface area contributed by atoms with E-state index in [0.29, 0.717) is 46.8 Å². The second kappa shape index (κ2) is 15.7. The Kier molecular flexibility index (Phi) is 11.7. The summed E-state index contributed by atoms with van der Waals surface area (Å²) in [4.78, 5) is 29.5. The zero-order chi connectivity index (χ0) is 36.4. The molecule has 1 N–H and O–H groups in total.